The van der Waals surface area contributed by atoms with Crippen molar-refractivity contribution in [1.29, 1.82) is 0 Å². The maximum atomic E-state index is 12.7. The molecular weight excluding hydrogens is 452 g/mol. The summed E-state index contributed by atoms with van der Waals surface area (Å²) in [4.78, 5) is 21.8. The molecule has 3 fully saturated rings. The van der Waals surface area contributed by atoms with Gasteiger partial charge in [0.05, 0.1) is 24.9 Å². The van der Waals surface area contributed by atoms with Crippen LogP contribution in [0.2, 0.25) is 5.02 Å². The summed E-state index contributed by atoms with van der Waals surface area (Å²) in [6.07, 6.45) is 5.09. The predicted octanol–water partition coefficient (Wildman–Crippen LogP) is 3.50. The lowest BCUT2D eigenvalue weighted by molar-refractivity contribution is -0.121. The molecule has 0 aliphatic carbocycles. The van der Waals surface area contributed by atoms with Crippen LogP contribution in [0.25, 0.3) is 10.8 Å². The number of anilines is 1. The van der Waals surface area contributed by atoms with Crippen LogP contribution in [0.15, 0.2) is 24.4 Å². The number of carbonyl (C=O) groups is 1. The standard InChI is InChI=1S/C26H35ClN4O3/c1-26(16-34-15-23(26)32)31-9-5-17(6-10-31)21-11-19-13-24(28-14-20(19)12-22(21)27)29-25(33)18-3-7-30(2)8-4-18/h11-14,17-18,23,32H,3-10,15-16H2,1-2H3,(H,28,29,33)/t23-,26+/m1/s1. The van der Waals surface area contributed by atoms with Crippen molar-refractivity contribution < 1.29 is 14.6 Å². The molecule has 0 radical (unpaired) electrons. The molecule has 34 heavy (non-hydrogen) atoms. The van der Waals surface area contributed by atoms with Crippen LogP contribution in [0.1, 0.15) is 44.1 Å². The van der Waals surface area contributed by atoms with Crippen LogP contribution < -0.4 is 5.32 Å². The number of amides is 1. The molecule has 3 aliphatic rings. The van der Waals surface area contributed by atoms with Crippen molar-refractivity contribution in [2.75, 3.05) is 51.8 Å². The number of benzene rings is 1. The van der Waals surface area contributed by atoms with E-state index in [4.69, 9.17) is 16.3 Å². The Labute approximate surface area is 206 Å². The van der Waals surface area contributed by atoms with E-state index in [1.54, 1.807) is 6.20 Å². The van der Waals surface area contributed by atoms with Gasteiger partial charge in [-0.05, 0) is 101 Å². The normalized spacial score (nSPS) is 27.9. The minimum Gasteiger partial charge on any atom is -0.389 e. The molecule has 3 aliphatic heterocycles. The number of aliphatic hydroxyl groups excluding tert-OH is 1. The monoisotopic (exact) mass is 486 g/mol. The van der Waals surface area contributed by atoms with Gasteiger partial charge in [-0.15, -0.1) is 0 Å². The van der Waals surface area contributed by atoms with Gasteiger partial charge < -0.3 is 20.1 Å². The van der Waals surface area contributed by atoms with Crippen molar-refractivity contribution in [1.82, 2.24) is 14.8 Å². The van der Waals surface area contributed by atoms with Crippen molar-refractivity contribution in [3.8, 4) is 0 Å². The molecule has 1 amide bonds. The zero-order valence-corrected chi connectivity index (χ0v) is 20.9. The first-order valence-electron chi connectivity index (χ1n) is 12.4. The lowest BCUT2D eigenvalue weighted by atomic mass is 9.85. The van der Waals surface area contributed by atoms with E-state index in [9.17, 15) is 9.90 Å². The molecule has 0 saturated carbocycles. The van der Waals surface area contributed by atoms with Crippen LogP contribution in [-0.2, 0) is 9.53 Å². The Morgan fingerprint density at radius 3 is 2.56 bits per heavy atom. The Bertz CT molecular complexity index is 1050. The smallest absolute Gasteiger partial charge is 0.228 e. The van der Waals surface area contributed by atoms with E-state index in [0.29, 0.717) is 24.9 Å². The number of halogens is 1. The highest BCUT2D eigenvalue weighted by Crippen LogP contribution is 2.38. The molecule has 184 valence electrons. The lowest BCUT2D eigenvalue weighted by Crippen LogP contribution is -2.56. The number of rotatable bonds is 4. The van der Waals surface area contributed by atoms with E-state index < -0.39 is 6.10 Å². The molecule has 2 atom stereocenters. The number of aromatic nitrogens is 1. The number of fused-ring (bicyclic) bond motifs is 1. The first-order chi connectivity index (χ1) is 16.3. The van der Waals surface area contributed by atoms with Crippen LogP contribution in [0.4, 0.5) is 5.82 Å². The van der Waals surface area contributed by atoms with E-state index in [2.05, 4.69) is 40.1 Å². The number of hydrogen-bond acceptors (Lipinski definition) is 6. The summed E-state index contributed by atoms with van der Waals surface area (Å²) in [7, 11) is 2.10. The second-order valence-corrected chi connectivity index (χ2v) is 10.9. The number of nitrogens with zero attached hydrogens (tertiary/aromatic N) is 3. The highest BCUT2D eigenvalue weighted by molar-refractivity contribution is 6.32. The van der Waals surface area contributed by atoms with E-state index in [-0.39, 0.29) is 17.4 Å². The second kappa shape index (κ2) is 9.70. The fourth-order valence-corrected chi connectivity index (χ4v) is 6.05. The second-order valence-electron chi connectivity index (χ2n) is 10.5. The van der Waals surface area contributed by atoms with Crippen LogP contribution in [0.3, 0.4) is 0 Å². The molecule has 0 unspecified atom stereocenters. The average molecular weight is 487 g/mol. The van der Waals surface area contributed by atoms with Gasteiger partial charge in [-0.3, -0.25) is 9.69 Å². The number of nitrogens with one attached hydrogen (secondary N) is 1. The number of pyridine rings is 1. The fourth-order valence-electron chi connectivity index (χ4n) is 5.72. The first-order valence-corrected chi connectivity index (χ1v) is 12.8. The van der Waals surface area contributed by atoms with Gasteiger partial charge in [-0.1, -0.05) is 11.6 Å². The van der Waals surface area contributed by atoms with Crippen molar-refractivity contribution in [3.63, 3.8) is 0 Å². The summed E-state index contributed by atoms with van der Waals surface area (Å²) in [5.41, 5.74) is 0.853. The van der Waals surface area contributed by atoms with E-state index in [0.717, 1.165) is 73.2 Å². The number of piperidine rings is 2. The molecule has 0 bridgehead atoms. The zero-order valence-electron chi connectivity index (χ0n) is 20.1. The van der Waals surface area contributed by atoms with Gasteiger partial charge in [0.2, 0.25) is 5.91 Å². The molecule has 5 rings (SSSR count). The zero-order chi connectivity index (χ0) is 23.9. The number of aliphatic hydroxyl groups is 1. The summed E-state index contributed by atoms with van der Waals surface area (Å²) in [6, 6.07) is 6.12. The highest BCUT2D eigenvalue weighted by atomic mass is 35.5. The van der Waals surface area contributed by atoms with Crippen LogP contribution >= 0.6 is 11.6 Å². The summed E-state index contributed by atoms with van der Waals surface area (Å²) in [5, 5.41) is 16.2. The quantitative estimate of drug-likeness (QED) is 0.688. The van der Waals surface area contributed by atoms with Crippen molar-refractivity contribution in [2.24, 2.45) is 5.92 Å². The molecular formula is C26H35ClN4O3. The molecule has 1 aromatic carbocycles. The largest absolute Gasteiger partial charge is 0.389 e. The summed E-state index contributed by atoms with van der Waals surface area (Å²) < 4.78 is 5.54. The number of ether oxygens (including phenoxy) is 1. The van der Waals surface area contributed by atoms with E-state index in [1.807, 2.05) is 12.1 Å². The molecule has 4 heterocycles. The SMILES string of the molecule is CN1CCC(C(=O)Nc2cc3cc(C4CCN([C@@]5(C)COC[C@H]5O)CC4)c(Cl)cc3cn2)CC1. The Hall–Kier alpha value is -1.77. The third-order valence-corrected chi connectivity index (χ3v) is 8.55. The van der Waals surface area contributed by atoms with Crippen LogP contribution in [-0.4, -0.2) is 83.9 Å². The van der Waals surface area contributed by atoms with Gasteiger partial charge in [0.1, 0.15) is 5.82 Å². The third kappa shape index (κ3) is 4.69. The molecule has 1 aromatic heterocycles. The van der Waals surface area contributed by atoms with Gasteiger partial charge in [-0.25, -0.2) is 4.98 Å². The van der Waals surface area contributed by atoms with Crippen molar-refractivity contribution in [2.45, 2.75) is 50.2 Å². The van der Waals surface area contributed by atoms with Crippen molar-refractivity contribution >= 4 is 34.1 Å². The maximum absolute atomic E-state index is 12.7. The molecule has 0 spiro atoms. The lowest BCUT2D eigenvalue weighted by Gasteiger charge is -2.43. The fraction of sp³-hybridized carbons (Fsp3) is 0.615. The van der Waals surface area contributed by atoms with Gasteiger partial charge in [0, 0.05) is 22.5 Å². The first kappa shape index (κ1) is 23.9. The van der Waals surface area contributed by atoms with Gasteiger partial charge >= 0.3 is 0 Å². The van der Waals surface area contributed by atoms with Crippen molar-refractivity contribution in [3.05, 3.63) is 35.0 Å². The third-order valence-electron chi connectivity index (χ3n) is 8.22. The summed E-state index contributed by atoms with van der Waals surface area (Å²) >= 11 is 6.71. The van der Waals surface area contributed by atoms with E-state index >= 15 is 0 Å². The topological polar surface area (TPSA) is 77.9 Å². The summed E-state index contributed by atoms with van der Waals surface area (Å²) in [5.74, 6) is 1.07. The molecule has 2 N–H and O–H groups in total. The minimum absolute atomic E-state index is 0.0466. The molecule has 2 aromatic rings. The minimum atomic E-state index is -0.441. The number of carbonyl (C=O) groups excluding carboxylic acids is 1. The maximum Gasteiger partial charge on any atom is 0.228 e. The van der Waals surface area contributed by atoms with Crippen LogP contribution in [0, 0.1) is 5.92 Å². The Morgan fingerprint density at radius 1 is 1.15 bits per heavy atom. The summed E-state index contributed by atoms with van der Waals surface area (Å²) in [6.45, 7) is 6.81. The number of likely N-dealkylation sites (tertiary alicyclic amines) is 2. The van der Waals surface area contributed by atoms with Crippen LogP contribution in [0.5, 0.6) is 0 Å². The average Bonchev–Trinajstić information content (AvgIpc) is 3.18. The Morgan fingerprint density at radius 2 is 1.88 bits per heavy atom. The van der Waals surface area contributed by atoms with Gasteiger partial charge in [0.15, 0.2) is 0 Å². The predicted molar refractivity (Wildman–Crippen MR) is 134 cm³/mol. The van der Waals surface area contributed by atoms with Gasteiger partial charge in [-0.2, -0.15) is 0 Å². The molecule has 7 nitrogen and oxygen atoms in total. The highest BCUT2D eigenvalue weighted by Gasteiger charge is 2.45. The number of hydrogen-bond donors (Lipinski definition) is 2. The van der Waals surface area contributed by atoms with E-state index in [1.165, 1.54) is 0 Å². The van der Waals surface area contributed by atoms with Gasteiger partial charge in [0.25, 0.3) is 0 Å². The molecule has 8 heteroatoms. The Balaban J connectivity index is 1.29. The molecule has 3 saturated heterocycles. The Kier molecular flexibility index (Phi) is 6.84.